The fourth-order valence-corrected chi connectivity index (χ4v) is 10.9. The van der Waals surface area contributed by atoms with Crippen molar-refractivity contribution in [2.45, 2.75) is 19.3 Å². The predicted molar refractivity (Wildman–Crippen MR) is 258 cm³/mol. The summed E-state index contributed by atoms with van der Waals surface area (Å²) in [6.07, 6.45) is 0. The minimum absolute atomic E-state index is 0.151. The Bertz CT molecular complexity index is 3600. The van der Waals surface area contributed by atoms with Gasteiger partial charge in [-0.3, -0.25) is 4.57 Å². The first-order valence-corrected chi connectivity index (χ1v) is 21.5. The van der Waals surface area contributed by atoms with Crippen LogP contribution in [0, 0.1) is 0 Å². The van der Waals surface area contributed by atoms with Crippen LogP contribution in [0.5, 0.6) is 0 Å². The van der Waals surface area contributed by atoms with E-state index in [0.717, 1.165) is 34.0 Å². The molecule has 1 aromatic heterocycles. The van der Waals surface area contributed by atoms with Gasteiger partial charge in [-0.15, -0.1) is 10.2 Å². The fraction of sp³-hybridized carbons (Fsp3) is 0.0508. The highest BCUT2D eigenvalue weighted by molar-refractivity contribution is 6.27. The molecule has 0 fully saturated rings. The Labute approximate surface area is 360 Å². The number of aromatic nitrogens is 3. The van der Waals surface area contributed by atoms with Crippen molar-refractivity contribution in [1.82, 2.24) is 14.8 Å². The smallest absolute Gasteiger partial charge is 0.168 e. The lowest BCUT2D eigenvalue weighted by Crippen LogP contribution is -2.14. The number of fused-ring (bicyclic) bond motifs is 8. The van der Waals surface area contributed by atoms with E-state index < -0.39 is 0 Å². The van der Waals surface area contributed by atoms with Crippen LogP contribution in [-0.2, 0) is 5.41 Å². The summed E-state index contributed by atoms with van der Waals surface area (Å²) in [5, 5.41) is 17.2. The van der Waals surface area contributed by atoms with E-state index in [1.165, 1.54) is 93.5 Å². The Balaban J connectivity index is 1.08. The van der Waals surface area contributed by atoms with Crippen molar-refractivity contribution in [1.29, 1.82) is 0 Å². The SMILES string of the molecule is CC1(C)c2ccccc2-c2cc3c(-c4ccc(-c5nnc(-c6ccccc6)n5-c5ccccc5)cc4)c4ccccc4c(-c4ccc5c6c(cccc46)-c4ccccc4-5)c3cc21. The number of rotatable bonds is 5. The molecule has 2 aliphatic carbocycles. The van der Waals surface area contributed by atoms with E-state index in [2.05, 4.69) is 194 Å². The summed E-state index contributed by atoms with van der Waals surface area (Å²) in [5.41, 5.74) is 18.5. The second-order valence-electron chi connectivity index (χ2n) is 17.3. The van der Waals surface area contributed by atoms with Crippen LogP contribution in [0.15, 0.2) is 200 Å². The van der Waals surface area contributed by atoms with Crippen LogP contribution < -0.4 is 0 Å². The van der Waals surface area contributed by atoms with Crippen molar-refractivity contribution in [3.8, 4) is 84.1 Å². The number of hydrogen-bond acceptors (Lipinski definition) is 2. The Hall–Kier alpha value is -7.88. The third-order valence-corrected chi connectivity index (χ3v) is 13.7. The minimum Gasteiger partial charge on any atom is -0.275 e. The van der Waals surface area contributed by atoms with Crippen molar-refractivity contribution in [3.63, 3.8) is 0 Å². The normalized spacial score (nSPS) is 13.1. The van der Waals surface area contributed by atoms with Crippen molar-refractivity contribution in [2.24, 2.45) is 0 Å². The molecule has 0 N–H and O–H groups in total. The van der Waals surface area contributed by atoms with Gasteiger partial charge in [-0.05, 0) is 123 Å². The summed E-state index contributed by atoms with van der Waals surface area (Å²) in [7, 11) is 0. The molecule has 11 aromatic rings. The van der Waals surface area contributed by atoms with Crippen LogP contribution in [0.25, 0.3) is 116 Å². The van der Waals surface area contributed by atoms with Crippen LogP contribution in [-0.4, -0.2) is 14.8 Å². The van der Waals surface area contributed by atoms with Gasteiger partial charge in [0.05, 0.1) is 0 Å². The lowest BCUT2D eigenvalue weighted by atomic mass is 9.79. The van der Waals surface area contributed by atoms with Gasteiger partial charge in [0.15, 0.2) is 11.6 Å². The van der Waals surface area contributed by atoms with Gasteiger partial charge in [0, 0.05) is 22.2 Å². The quantitative estimate of drug-likeness (QED) is 0.163. The molecule has 0 saturated heterocycles. The Morgan fingerprint density at radius 1 is 0.339 bits per heavy atom. The summed E-state index contributed by atoms with van der Waals surface area (Å²) in [6.45, 7) is 4.77. The molecule has 0 bridgehead atoms. The molecule has 0 atom stereocenters. The molecule has 3 nitrogen and oxygen atoms in total. The van der Waals surface area contributed by atoms with Gasteiger partial charge < -0.3 is 0 Å². The van der Waals surface area contributed by atoms with Crippen molar-refractivity contribution in [3.05, 3.63) is 211 Å². The number of hydrogen-bond donors (Lipinski definition) is 0. The van der Waals surface area contributed by atoms with Crippen molar-refractivity contribution < 1.29 is 0 Å². The van der Waals surface area contributed by atoms with Gasteiger partial charge >= 0.3 is 0 Å². The number of nitrogens with zero attached hydrogens (tertiary/aromatic N) is 3. The Morgan fingerprint density at radius 3 is 1.58 bits per heavy atom. The van der Waals surface area contributed by atoms with Gasteiger partial charge in [0.1, 0.15) is 0 Å². The second-order valence-corrected chi connectivity index (χ2v) is 17.3. The van der Waals surface area contributed by atoms with Gasteiger partial charge in [-0.1, -0.05) is 190 Å². The van der Waals surface area contributed by atoms with E-state index in [0.29, 0.717) is 0 Å². The minimum atomic E-state index is -0.151. The molecule has 10 aromatic carbocycles. The molecule has 0 amide bonds. The lowest BCUT2D eigenvalue weighted by molar-refractivity contribution is 0.661. The molecular formula is C59H39N3. The average molecular weight is 790 g/mol. The number of para-hydroxylation sites is 1. The number of benzene rings is 10. The third-order valence-electron chi connectivity index (χ3n) is 13.7. The second kappa shape index (κ2) is 13.1. The van der Waals surface area contributed by atoms with Gasteiger partial charge in [0.2, 0.25) is 0 Å². The first kappa shape index (κ1) is 34.9. The fourth-order valence-electron chi connectivity index (χ4n) is 10.9. The van der Waals surface area contributed by atoms with Crippen LogP contribution >= 0.6 is 0 Å². The van der Waals surface area contributed by atoms with Gasteiger partial charge in [0.25, 0.3) is 0 Å². The molecule has 0 radical (unpaired) electrons. The molecule has 0 aliphatic heterocycles. The maximum atomic E-state index is 4.83. The summed E-state index contributed by atoms with van der Waals surface area (Å²) in [6, 6.07) is 73.3. The van der Waals surface area contributed by atoms with E-state index >= 15 is 0 Å². The molecular weight excluding hydrogens is 751 g/mol. The van der Waals surface area contributed by atoms with Gasteiger partial charge in [-0.25, -0.2) is 0 Å². The van der Waals surface area contributed by atoms with Crippen LogP contribution in [0.4, 0.5) is 0 Å². The molecule has 13 rings (SSSR count). The highest BCUT2D eigenvalue weighted by Crippen LogP contribution is 2.55. The molecule has 3 heteroatoms. The van der Waals surface area contributed by atoms with Crippen LogP contribution in [0.1, 0.15) is 25.0 Å². The van der Waals surface area contributed by atoms with E-state index in [4.69, 9.17) is 10.2 Å². The summed E-state index contributed by atoms with van der Waals surface area (Å²) in [5.74, 6) is 1.62. The average Bonchev–Trinajstić information content (AvgIpc) is 3.98. The molecule has 62 heavy (non-hydrogen) atoms. The molecule has 1 heterocycles. The molecule has 0 unspecified atom stereocenters. The first-order chi connectivity index (χ1) is 30.5. The Kier molecular flexibility index (Phi) is 7.36. The summed E-state index contributed by atoms with van der Waals surface area (Å²) < 4.78 is 2.17. The van der Waals surface area contributed by atoms with E-state index in [9.17, 15) is 0 Å². The highest BCUT2D eigenvalue weighted by atomic mass is 15.3. The standard InChI is InChI=1S/C59H39N3/c1-59(2)52-27-14-13-22-42(52)49-34-50-51(35-53(49)59)56(48-33-32-47-41-21-10-9-20-40(41)43-25-15-26-46(48)55(43)47)45-24-12-11-23-44(45)54(50)36-28-30-38(31-29-36)58-61-60-57(37-16-5-3-6-17-37)62(58)39-18-7-4-8-19-39/h3-35H,1-2H3. The third kappa shape index (κ3) is 4.88. The summed E-state index contributed by atoms with van der Waals surface area (Å²) >= 11 is 0. The van der Waals surface area contributed by atoms with Crippen molar-refractivity contribution in [2.75, 3.05) is 0 Å². The molecule has 290 valence electrons. The molecule has 2 aliphatic rings. The maximum Gasteiger partial charge on any atom is 0.168 e. The zero-order chi connectivity index (χ0) is 41.1. The van der Waals surface area contributed by atoms with Gasteiger partial charge in [-0.2, -0.15) is 0 Å². The molecule has 0 spiro atoms. The first-order valence-electron chi connectivity index (χ1n) is 21.5. The van der Waals surface area contributed by atoms with E-state index in [1.54, 1.807) is 0 Å². The largest absolute Gasteiger partial charge is 0.275 e. The van der Waals surface area contributed by atoms with Crippen LogP contribution in [0.3, 0.4) is 0 Å². The monoisotopic (exact) mass is 789 g/mol. The predicted octanol–water partition coefficient (Wildman–Crippen LogP) is 15.3. The van der Waals surface area contributed by atoms with E-state index in [1.807, 2.05) is 24.3 Å². The topological polar surface area (TPSA) is 30.7 Å². The maximum absolute atomic E-state index is 4.83. The zero-order valence-corrected chi connectivity index (χ0v) is 34.4. The highest BCUT2D eigenvalue weighted by Gasteiger charge is 2.36. The molecule has 0 saturated carbocycles. The lowest BCUT2D eigenvalue weighted by Gasteiger charge is -2.24. The van der Waals surface area contributed by atoms with Crippen molar-refractivity contribution >= 4 is 32.3 Å². The Morgan fingerprint density at radius 2 is 0.855 bits per heavy atom. The zero-order valence-electron chi connectivity index (χ0n) is 34.4. The summed E-state index contributed by atoms with van der Waals surface area (Å²) in [4.78, 5) is 0. The van der Waals surface area contributed by atoms with E-state index in [-0.39, 0.29) is 5.41 Å². The van der Waals surface area contributed by atoms with Crippen LogP contribution in [0.2, 0.25) is 0 Å².